The van der Waals surface area contributed by atoms with E-state index >= 15 is 0 Å². The summed E-state index contributed by atoms with van der Waals surface area (Å²) >= 11 is 0. The van der Waals surface area contributed by atoms with Crippen molar-refractivity contribution in [3.8, 4) is 0 Å². The molecule has 110 valence electrons. The quantitative estimate of drug-likeness (QED) is 0.492. The molecule has 0 bridgehead atoms. The van der Waals surface area contributed by atoms with Crippen molar-refractivity contribution in [3.05, 3.63) is 0 Å². The SMILES string of the molecule is CCOC(=O)COCCNCC1CCN(C2CC2)C1. The number of carbonyl (C=O) groups excluding carboxylic acids is 1. The minimum Gasteiger partial charge on any atom is -0.464 e. The molecule has 1 heterocycles. The zero-order valence-electron chi connectivity index (χ0n) is 11.9. The number of nitrogens with zero attached hydrogens (tertiary/aromatic N) is 1. The van der Waals surface area contributed by atoms with E-state index in [1.54, 1.807) is 6.92 Å². The molecule has 19 heavy (non-hydrogen) atoms. The van der Waals surface area contributed by atoms with Gasteiger partial charge in [0, 0.05) is 19.1 Å². The summed E-state index contributed by atoms with van der Waals surface area (Å²) in [5, 5.41) is 3.41. The lowest BCUT2D eigenvalue weighted by molar-refractivity contribution is -0.148. The van der Waals surface area contributed by atoms with Crippen LogP contribution in [0.25, 0.3) is 0 Å². The third-order valence-electron chi connectivity index (χ3n) is 3.76. The van der Waals surface area contributed by atoms with Gasteiger partial charge in [-0.2, -0.15) is 0 Å². The third kappa shape index (κ3) is 5.47. The van der Waals surface area contributed by atoms with Gasteiger partial charge in [-0.1, -0.05) is 0 Å². The van der Waals surface area contributed by atoms with Crippen LogP contribution in [0.3, 0.4) is 0 Å². The zero-order valence-corrected chi connectivity index (χ0v) is 11.9. The molecule has 2 rings (SSSR count). The Labute approximate surface area is 115 Å². The molecule has 0 radical (unpaired) electrons. The normalized spacial score (nSPS) is 23.7. The molecule has 5 heteroatoms. The van der Waals surface area contributed by atoms with Crippen molar-refractivity contribution in [1.82, 2.24) is 10.2 Å². The van der Waals surface area contributed by atoms with Gasteiger partial charge < -0.3 is 19.7 Å². The summed E-state index contributed by atoms with van der Waals surface area (Å²) in [5.74, 6) is 0.504. The first-order valence-corrected chi connectivity index (χ1v) is 7.47. The highest BCUT2D eigenvalue weighted by atomic mass is 16.6. The molecule has 0 amide bonds. The molecule has 1 atom stereocenters. The van der Waals surface area contributed by atoms with Gasteiger partial charge in [-0.3, -0.25) is 0 Å². The van der Waals surface area contributed by atoms with Crippen LogP contribution in [0.4, 0.5) is 0 Å². The molecule has 1 aliphatic carbocycles. The summed E-state index contributed by atoms with van der Waals surface area (Å²) in [4.78, 5) is 13.6. The minimum absolute atomic E-state index is 0.0639. The van der Waals surface area contributed by atoms with Crippen molar-refractivity contribution in [1.29, 1.82) is 0 Å². The van der Waals surface area contributed by atoms with Gasteiger partial charge >= 0.3 is 5.97 Å². The van der Waals surface area contributed by atoms with Gasteiger partial charge in [0.2, 0.25) is 0 Å². The molecule has 1 N–H and O–H groups in total. The third-order valence-corrected chi connectivity index (χ3v) is 3.76. The number of rotatable bonds is 9. The van der Waals surface area contributed by atoms with Crippen molar-refractivity contribution in [2.45, 2.75) is 32.2 Å². The van der Waals surface area contributed by atoms with Crippen LogP contribution < -0.4 is 5.32 Å². The maximum absolute atomic E-state index is 11.0. The predicted octanol–water partition coefficient (Wildman–Crippen LogP) is 0.640. The van der Waals surface area contributed by atoms with Gasteiger partial charge in [-0.15, -0.1) is 0 Å². The number of hydrogen-bond acceptors (Lipinski definition) is 5. The van der Waals surface area contributed by atoms with Crippen LogP contribution >= 0.6 is 0 Å². The Morgan fingerprint density at radius 2 is 2.21 bits per heavy atom. The van der Waals surface area contributed by atoms with Crippen LogP contribution in [0, 0.1) is 5.92 Å². The fourth-order valence-corrected chi connectivity index (χ4v) is 2.61. The number of hydrogen-bond donors (Lipinski definition) is 1. The number of likely N-dealkylation sites (tertiary alicyclic amines) is 1. The second kappa shape index (κ2) is 7.82. The molecule has 1 aliphatic heterocycles. The molecule has 0 aromatic rings. The molecular weight excluding hydrogens is 244 g/mol. The molecule has 1 unspecified atom stereocenters. The van der Waals surface area contributed by atoms with Gasteiger partial charge in [0.15, 0.2) is 0 Å². The van der Waals surface area contributed by atoms with Crippen LogP contribution in [0.1, 0.15) is 26.2 Å². The monoisotopic (exact) mass is 270 g/mol. The van der Waals surface area contributed by atoms with Crippen molar-refractivity contribution in [2.24, 2.45) is 5.92 Å². The van der Waals surface area contributed by atoms with E-state index in [1.807, 2.05) is 0 Å². The second-order valence-electron chi connectivity index (χ2n) is 5.44. The molecule has 1 saturated carbocycles. The molecule has 1 saturated heterocycles. The number of nitrogens with one attached hydrogen (secondary N) is 1. The Balaban J connectivity index is 1.41. The van der Waals surface area contributed by atoms with Gasteiger partial charge in [0.25, 0.3) is 0 Å². The van der Waals surface area contributed by atoms with Crippen molar-refractivity contribution in [3.63, 3.8) is 0 Å². The van der Waals surface area contributed by atoms with Crippen LogP contribution in [0.5, 0.6) is 0 Å². The smallest absolute Gasteiger partial charge is 0.332 e. The summed E-state index contributed by atoms with van der Waals surface area (Å²) < 4.78 is 10.0. The highest BCUT2D eigenvalue weighted by Crippen LogP contribution is 2.31. The van der Waals surface area contributed by atoms with E-state index in [0.717, 1.165) is 25.0 Å². The lowest BCUT2D eigenvalue weighted by Gasteiger charge is -2.15. The van der Waals surface area contributed by atoms with Crippen LogP contribution in [-0.4, -0.2) is 62.9 Å². The Bertz CT molecular complexity index is 282. The highest BCUT2D eigenvalue weighted by molar-refractivity contribution is 5.70. The van der Waals surface area contributed by atoms with Gasteiger partial charge in [-0.25, -0.2) is 4.79 Å². The molecule has 0 aromatic carbocycles. The van der Waals surface area contributed by atoms with E-state index in [0.29, 0.717) is 13.2 Å². The summed E-state index contributed by atoms with van der Waals surface area (Å²) in [6.07, 6.45) is 4.12. The Hall–Kier alpha value is -0.650. The Morgan fingerprint density at radius 3 is 2.95 bits per heavy atom. The maximum atomic E-state index is 11.0. The summed E-state index contributed by atoms with van der Waals surface area (Å²) in [6, 6.07) is 0.901. The lowest BCUT2D eigenvalue weighted by atomic mass is 10.1. The first-order chi connectivity index (χ1) is 9.29. The largest absolute Gasteiger partial charge is 0.464 e. The second-order valence-corrected chi connectivity index (χ2v) is 5.44. The fraction of sp³-hybridized carbons (Fsp3) is 0.929. The van der Waals surface area contributed by atoms with E-state index in [2.05, 4.69) is 10.2 Å². The van der Waals surface area contributed by atoms with Crippen LogP contribution in [0.15, 0.2) is 0 Å². The Morgan fingerprint density at radius 1 is 1.37 bits per heavy atom. The topological polar surface area (TPSA) is 50.8 Å². The molecule has 2 aliphatic rings. The predicted molar refractivity (Wildman–Crippen MR) is 73.0 cm³/mol. The first kappa shape index (κ1) is 14.8. The first-order valence-electron chi connectivity index (χ1n) is 7.47. The van der Waals surface area contributed by atoms with Gasteiger partial charge in [0.05, 0.1) is 13.2 Å². The van der Waals surface area contributed by atoms with Crippen molar-refractivity contribution in [2.75, 3.05) is 46.0 Å². The number of carbonyl (C=O) groups is 1. The zero-order chi connectivity index (χ0) is 13.5. The molecule has 0 spiro atoms. The van der Waals surface area contributed by atoms with Crippen LogP contribution in [0.2, 0.25) is 0 Å². The molecule has 2 fully saturated rings. The lowest BCUT2D eigenvalue weighted by Crippen LogP contribution is -2.29. The number of esters is 1. The maximum Gasteiger partial charge on any atom is 0.332 e. The summed E-state index contributed by atoms with van der Waals surface area (Å²) in [6.45, 7) is 7.24. The Kier molecular flexibility index (Phi) is 6.07. The molecule has 0 aromatic heterocycles. The van der Waals surface area contributed by atoms with E-state index < -0.39 is 0 Å². The standard InChI is InChI=1S/C14H26N2O3/c1-2-19-14(17)11-18-8-6-15-9-12-5-7-16(10-12)13-3-4-13/h12-13,15H,2-11H2,1H3. The summed E-state index contributed by atoms with van der Waals surface area (Å²) in [5.41, 5.74) is 0. The van der Waals surface area contributed by atoms with E-state index in [1.165, 1.54) is 32.4 Å². The van der Waals surface area contributed by atoms with E-state index in [9.17, 15) is 4.79 Å². The van der Waals surface area contributed by atoms with E-state index in [4.69, 9.17) is 9.47 Å². The molecular formula is C14H26N2O3. The fourth-order valence-electron chi connectivity index (χ4n) is 2.61. The molecule has 5 nitrogen and oxygen atoms in total. The van der Waals surface area contributed by atoms with E-state index in [-0.39, 0.29) is 12.6 Å². The van der Waals surface area contributed by atoms with Crippen molar-refractivity contribution >= 4 is 5.97 Å². The van der Waals surface area contributed by atoms with Gasteiger partial charge in [-0.05, 0) is 45.2 Å². The van der Waals surface area contributed by atoms with Crippen LogP contribution in [-0.2, 0) is 14.3 Å². The average Bonchev–Trinajstić information content (AvgIpc) is 3.14. The average molecular weight is 270 g/mol. The summed E-state index contributed by atoms with van der Waals surface area (Å²) in [7, 11) is 0. The van der Waals surface area contributed by atoms with Crippen molar-refractivity contribution < 1.29 is 14.3 Å². The number of ether oxygens (including phenoxy) is 2. The highest BCUT2D eigenvalue weighted by Gasteiger charge is 2.33. The van der Waals surface area contributed by atoms with Gasteiger partial charge in [0.1, 0.15) is 6.61 Å². The minimum atomic E-state index is -0.279.